The maximum Gasteiger partial charge on any atom is 0.0906 e. The van der Waals surface area contributed by atoms with Gasteiger partial charge in [-0.2, -0.15) is 5.26 Å². The van der Waals surface area contributed by atoms with E-state index >= 15 is 0 Å². The standard InChI is InChI=1S/C5H5N/c1-5(4-6)2-3-5/h2-3H,1H3. The Kier molecular flexibility index (Phi) is 0.372. The van der Waals surface area contributed by atoms with Gasteiger partial charge in [-0.25, -0.2) is 0 Å². The average Bonchev–Trinajstić information content (AvgIpc) is 2.22. The van der Waals surface area contributed by atoms with Crippen molar-refractivity contribution in [3.05, 3.63) is 12.2 Å². The summed E-state index contributed by atoms with van der Waals surface area (Å²) < 4.78 is 0. The first-order valence-electron chi connectivity index (χ1n) is 1.88. The van der Waals surface area contributed by atoms with Gasteiger partial charge >= 0.3 is 0 Å². The molecule has 0 saturated heterocycles. The fraction of sp³-hybridized carbons (Fsp3) is 0.400. The molecule has 0 saturated carbocycles. The molecule has 0 aromatic heterocycles. The molecule has 0 aliphatic heterocycles. The third-order valence-corrected chi connectivity index (χ3v) is 0.908. The van der Waals surface area contributed by atoms with Crippen molar-refractivity contribution in [3.63, 3.8) is 0 Å². The summed E-state index contributed by atoms with van der Waals surface area (Å²) in [7, 11) is 0. The molecule has 1 aliphatic carbocycles. The van der Waals surface area contributed by atoms with Crippen LogP contribution in [0.15, 0.2) is 12.2 Å². The Morgan fingerprint density at radius 1 is 1.67 bits per heavy atom. The summed E-state index contributed by atoms with van der Waals surface area (Å²) in [5.41, 5.74) is -0.153. The minimum Gasteiger partial charge on any atom is -0.197 e. The molecule has 0 unspecified atom stereocenters. The van der Waals surface area contributed by atoms with Gasteiger partial charge in [-0.05, 0) is 6.92 Å². The Labute approximate surface area is 36.9 Å². The number of hydrogen-bond acceptors (Lipinski definition) is 1. The van der Waals surface area contributed by atoms with E-state index in [4.69, 9.17) is 5.26 Å². The molecule has 0 atom stereocenters. The summed E-state index contributed by atoms with van der Waals surface area (Å²) in [5, 5.41) is 8.15. The molecule has 30 valence electrons. The number of rotatable bonds is 0. The summed E-state index contributed by atoms with van der Waals surface area (Å²) >= 11 is 0. The third kappa shape index (κ3) is 0.307. The Balaban J connectivity index is 2.59. The Morgan fingerprint density at radius 3 is 2.17 bits per heavy atom. The van der Waals surface area contributed by atoms with Crippen LogP contribution in [-0.4, -0.2) is 0 Å². The molecule has 0 spiro atoms. The van der Waals surface area contributed by atoms with Crippen molar-refractivity contribution in [2.75, 3.05) is 0 Å². The number of allylic oxidation sites excluding steroid dienone is 2. The predicted molar refractivity (Wildman–Crippen MR) is 22.9 cm³/mol. The first kappa shape index (κ1) is 3.42. The van der Waals surface area contributed by atoms with E-state index in [2.05, 4.69) is 6.07 Å². The molecule has 0 aromatic carbocycles. The van der Waals surface area contributed by atoms with Gasteiger partial charge in [0.1, 0.15) is 0 Å². The van der Waals surface area contributed by atoms with Crippen molar-refractivity contribution < 1.29 is 0 Å². The van der Waals surface area contributed by atoms with Crippen LogP contribution in [0.4, 0.5) is 0 Å². The zero-order valence-electron chi connectivity index (χ0n) is 3.60. The SMILES string of the molecule is CC1(C#N)C=C1. The van der Waals surface area contributed by atoms with Gasteiger partial charge in [-0.1, -0.05) is 12.2 Å². The minimum absolute atomic E-state index is 0.153. The predicted octanol–water partition coefficient (Wildman–Crippen LogP) is 1.09. The van der Waals surface area contributed by atoms with Crippen LogP contribution in [0.1, 0.15) is 6.92 Å². The van der Waals surface area contributed by atoms with Crippen molar-refractivity contribution in [1.29, 1.82) is 5.26 Å². The lowest BCUT2D eigenvalue weighted by molar-refractivity contribution is 0.856. The van der Waals surface area contributed by atoms with Crippen LogP contribution in [0.2, 0.25) is 0 Å². The number of nitrogens with zero attached hydrogens (tertiary/aromatic N) is 1. The van der Waals surface area contributed by atoms with E-state index in [1.165, 1.54) is 0 Å². The molecular weight excluding hydrogens is 74.1 g/mol. The zero-order chi connectivity index (χ0) is 4.62. The molecule has 1 heteroatoms. The lowest BCUT2D eigenvalue weighted by Crippen LogP contribution is -1.84. The summed E-state index contributed by atoms with van der Waals surface area (Å²) in [6.45, 7) is 1.88. The normalized spacial score (nSPS) is 22.7. The van der Waals surface area contributed by atoms with Crippen LogP contribution in [0.25, 0.3) is 0 Å². The van der Waals surface area contributed by atoms with Crippen LogP contribution >= 0.6 is 0 Å². The van der Waals surface area contributed by atoms with Gasteiger partial charge in [0.2, 0.25) is 0 Å². The zero-order valence-corrected chi connectivity index (χ0v) is 3.60. The highest BCUT2D eigenvalue weighted by molar-refractivity contribution is 5.33. The van der Waals surface area contributed by atoms with Crippen LogP contribution in [0.3, 0.4) is 0 Å². The Bertz CT molecular complexity index is 121. The first-order valence-corrected chi connectivity index (χ1v) is 1.88. The van der Waals surface area contributed by atoms with Gasteiger partial charge in [0.25, 0.3) is 0 Å². The lowest BCUT2D eigenvalue weighted by Gasteiger charge is -1.85. The summed E-state index contributed by atoms with van der Waals surface area (Å²) in [6, 6.07) is 2.10. The second kappa shape index (κ2) is 0.652. The molecule has 1 rings (SSSR count). The van der Waals surface area contributed by atoms with Crippen LogP contribution in [0, 0.1) is 16.7 Å². The van der Waals surface area contributed by atoms with Crippen molar-refractivity contribution >= 4 is 0 Å². The number of hydrogen-bond donors (Lipinski definition) is 0. The Hall–Kier alpha value is -0.770. The van der Waals surface area contributed by atoms with E-state index < -0.39 is 0 Å². The van der Waals surface area contributed by atoms with E-state index in [1.807, 2.05) is 19.1 Å². The van der Waals surface area contributed by atoms with E-state index in [0.29, 0.717) is 0 Å². The second-order valence-electron chi connectivity index (χ2n) is 1.73. The highest BCUT2D eigenvalue weighted by Gasteiger charge is 2.26. The molecule has 0 N–H and O–H groups in total. The van der Waals surface area contributed by atoms with Crippen molar-refractivity contribution in [2.45, 2.75) is 6.92 Å². The van der Waals surface area contributed by atoms with Crippen LogP contribution in [0.5, 0.6) is 0 Å². The largest absolute Gasteiger partial charge is 0.197 e. The second-order valence-corrected chi connectivity index (χ2v) is 1.73. The van der Waals surface area contributed by atoms with Crippen molar-refractivity contribution in [3.8, 4) is 6.07 Å². The third-order valence-electron chi connectivity index (χ3n) is 0.908. The van der Waals surface area contributed by atoms with Crippen molar-refractivity contribution in [1.82, 2.24) is 0 Å². The molecular formula is C5H5N. The van der Waals surface area contributed by atoms with Gasteiger partial charge in [0.15, 0.2) is 0 Å². The maximum atomic E-state index is 8.15. The van der Waals surface area contributed by atoms with Crippen LogP contribution in [-0.2, 0) is 0 Å². The molecule has 0 fully saturated rings. The summed E-state index contributed by atoms with van der Waals surface area (Å²) in [5.74, 6) is 0. The summed E-state index contributed by atoms with van der Waals surface area (Å²) in [4.78, 5) is 0. The molecule has 1 aliphatic rings. The van der Waals surface area contributed by atoms with Gasteiger partial charge in [-0.15, -0.1) is 0 Å². The first-order chi connectivity index (χ1) is 2.77. The molecule has 0 amide bonds. The van der Waals surface area contributed by atoms with Gasteiger partial charge in [-0.3, -0.25) is 0 Å². The van der Waals surface area contributed by atoms with E-state index in [-0.39, 0.29) is 5.41 Å². The summed E-state index contributed by atoms with van der Waals surface area (Å²) in [6.07, 6.45) is 3.76. The van der Waals surface area contributed by atoms with Crippen molar-refractivity contribution in [2.24, 2.45) is 5.41 Å². The van der Waals surface area contributed by atoms with E-state index in [0.717, 1.165) is 0 Å². The highest BCUT2D eigenvalue weighted by Crippen LogP contribution is 2.31. The van der Waals surface area contributed by atoms with E-state index in [1.54, 1.807) is 0 Å². The van der Waals surface area contributed by atoms with Gasteiger partial charge in [0, 0.05) is 0 Å². The quantitative estimate of drug-likeness (QED) is 0.399. The topological polar surface area (TPSA) is 23.8 Å². The van der Waals surface area contributed by atoms with Crippen LogP contribution < -0.4 is 0 Å². The van der Waals surface area contributed by atoms with E-state index in [9.17, 15) is 0 Å². The lowest BCUT2D eigenvalue weighted by atomic mass is 10.1. The highest BCUT2D eigenvalue weighted by atomic mass is 14.4. The molecule has 0 heterocycles. The molecule has 0 aromatic rings. The molecule has 1 nitrogen and oxygen atoms in total. The van der Waals surface area contributed by atoms with Gasteiger partial charge < -0.3 is 0 Å². The monoisotopic (exact) mass is 79.0 g/mol. The molecule has 6 heavy (non-hydrogen) atoms. The van der Waals surface area contributed by atoms with Gasteiger partial charge in [0.05, 0.1) is 11.5 Å². The fourth-order valence-corrected chi connectivity index (χ4v) is 0.200. The minimum atomic E-state index is -0.153. The molecule has 0 bridgehead atoms. The number of nitriles is 1. The average molecular weight is 79.1 g/mol. The smallest absolute Gasteiger partial charge is 0.0906 e. The fourth-order valence-electron chi connectivity index (χ4n) is 0.200. The Morgan fingerprint density at radius 2 is 2.17 bits per heavy atom. The molecule has 0 radical (unpaired) electrons. The maximum absolute atomic E-state index is 8.15.